The number of aromatic nitrogens is 3. The summed E-state index contributed by atoms with van der Waals surface area (Å²) >= 11 is 0. The van der Waals surface area contributed by atoms with Gasteiger partial charge in [0.2, 0.25) is 17.7 Å². The maximum absolute atomic E-state index is 14.8. The molecule has 17 heteroatoms. The first-order valence-electron chi connectivity index (χ1n) is 30.8. The van der Waals surface area contributed by atoms with Crippen molar-refractivity contribution in [3.8, 4) is 44.9 Å². The van der Waals surface area contributed by atoms with Gasteiger partial charge in [0.05, 0.1) is 32.5 Å². The number of hydrogen-bond donors (Lipinski definition) is 3. The molecule has 6 aromatic carbocycles. The number of piperazine rings is 1. The van der Waals surface area contributed by atoms with E-state index in [2.05, 4.69) is 52.6 Å². The Kier molecular flexibility index (Phi) is 25.4. The molecule has 2 fully saturated rings. The van der Waals surface area contributed by atoms with Crippen molar-refractivity contribution in [2.24, 2.45) is 0 Å². The molecular weight excluding hydrogens is 1150 g/mol. The van der Waals surface area contributed by atoms with Crippen LogP contribution in [0, 0.1) is 18.6 Å². The van der Waals surface area contributed by atoms with Crippen LogP contribution in [0.15, 0.2) is 207 Å². The number of carbonyl (C=O) groups is 3. The Morgan fingerprint density at radius 2 is 0.923 bits per heavy atom. The van der Waals surface area contributed by atoms with Crippen LogP contribution in [0.5, 0.6) is 11.5 Å². The second-order valence-electron chi connectivity index (χ2n) is 22.4. The number of hydrogen-bond acceptors (Lipinski definition) is 12. The summed E-state index contributed by atoms with van der Waals surface area (Å²) in [4.78, 5) is 56.7. The zero-order chi connectivity index (χ0) is 63.4. The van der Waals surface area contributed by atoms with Crippen molar-refractivity contribution in [1.82, 2.24) is 45.6 Å². The Labute approximate surface area is 532 Å². The van der Waals surface area contributed by atoms with Crippen LogP contribution in [0.2, 0.25) is 0 Å². The lowest BCUT2D eigenvalue weighted by Gasteiger charge is -2.32. The molecule has 3 N–H and O–H groups in total. The Morgan fingerprint density at radius 3 is 1.45 bits per heavy atom. The minimum absolute atomic E-state index is 0.0346. The molecule has 0 spiro atoms. The van der Waals surface area contributed by atoms with E-state index in [0.717, 1.165) is 122 Å². The Balaban J connectivity index is 0.000000164. The first-order valence-corrected chi connectivity index (χ1v) is 30.8. The molecule has 9 aromatic rings. The van der Waals surface area contributed by atoms with Crippen LogP contribution in [-0.4, -0.2) is 133 Å². The summed E-state index contributed by atoms with van der Waals surface area (Å²) in [5.41, 5.74) is 11.4. The van der Waals surface area contributed by atoms with E-state index < -0.39 is 0 Å². The van der Waals surface area contributed by atoms with Crippen LogP contribution in [0.4, 0.5) is 8.78 Å². The van der Waals surface area contributed by atoms with E-state index in [1.54, 1.807) is 48.8 Å². The normalized spacial score (nSPS) is 13.3. The topological polar surface area (TPSA) is 163 Å². The number of likely N-dealkylation sites (N-methyl/N-ethyl adjacent to an activating group) is 1. The molecule has 15 nitrogen and oxygen atoms in total. The van der Waals surface area contributed by atoms with Gasteiger partial charge in [-0.05, 0) is 96.4 Å². The fraction of sp³-hybridized carbons (Fsp3) is 0.270. The van der Waals surface area contributed by atoms with Crippen molar-refractivity contribution >= 4 is 17.7 Å². The molecule has 3 amide bonds. The molecule has 470 valence electrons. The van der Waals surface area contributed by atoms with Gasteiger partial charge in [-0.2, -0.15) is 0 Å². The van der Waals surface area contributed by atoms with Crippen molar-refractivity contribution in [3.05, 3.63) is 258 Å². The minimum Gasteiger partial charge on any atom is -0.492 e. The average molecular weight is 1230 g/mol. The summed E-state index contributed by atoms with van der Waals surface area (Å²) in [6.45, 7) is 14.0. The van der Waals surface area contributed by atoms with Gasteiger partial charge in [0.15, 0.2) is 0 Å². The number of morpholine rings is 1. The summed E-state index contributed by atoms with van der Waals surface area (Å²) in [6, 6.07) is 58.3. The zero-order valence-corrected chi connectivity index (χ0v) is 51.7. The third-order valence-electron chi connectivity index (χ3n) is 15.4. The molecule has 2 aliphatic rings. The molecule has 11 rings (SSSR count). The lowest BCUT2D eigenvalue weighted by molar-refractivity contribution is -0.121. The highest BCUT2D eigenvalue weighted by atomic mass is 19.1. The summed E-state index contributed by atoms with van der Waals surface area (Å²) in [7, 11) is 2.13. The fourth-order valence-corrected chi connectivity index (χ4v) is 10.1. The van der Waals surface area contributed by atoms with Gasteiger partial charge in [-0.1, -0.05) is 133 Å². The van der Waals surface area contributed by atoms with E-state index >= 15 is 0 Å². The van der Waals surface area contributed by atoms with Gasteiger partial charge >= 0.3 is 0 Å². The van der Waals surface area contributed by atoms with Gasteiger partial charge in [-0.25, -0.2) is 8.78 Å². The molecule has 0 aliphatic carbocycles. The predicted octanol–water partition coefficient (Wildman–Crippen LogP) is 10.7. The quantitative estimate of drug-likeness (QED) is 0.0556. The number of amides is 3. The van der Waals surface area contributed by atoms with Crippen molar-refractivity contribution in [2.45, 2.75) is 45.8 Å². The standard InChI is InChI=1S/C28H33FN4O2.C26H29N3O3.C20H17FN2O/c1-21-4-3-5-22(16-21)19-31-28(34)17-24-7-6-23(20-30-24)26-9-8-25(18-27(26)29)35-15-14-33-12-10-32(2)11-13-33;30-26(28-19-21-4-2-1-3-5-21)18-24-9-6-23(20-27-24)22-7-10-25(11-8-22)32-17-14-29-12-15-31-16-13-29;21-18-8-4-5-15(11-18)13-23-20(24)12-19-10-9-17(14-22-19)16-6-2-1-3-7-16/h3-9,16,18,20H,10-15,17,19H2,1-2H3,(H,31,34);1-11,20H,12-19H2,(H,28,30);1-11,14H,12-13H2,(H,23,24). The van der Waals surface area contributed by atoms with Gasteiger partial charge in [0.25, 0.3) is 0 Å². The summed E-state index contributed by atoms with van der Waals surface area (Å²) < 4.78 is 44.9. The number of carbonyl (C=O) groups excluding carboxylic acids is 3. The highest BCUT2D eigenvalue weighted by Gasteiger charge is 2.16. The van der Waals surface area contributed by atoms with E-state index in [9.17, 15) is 23.2 Å². The van der Waals surface area contributed by atoms with Gasteiger partial charge in [0, 0.05) is 136 Å². The molecule has 0 atom stereocenters. The molecule has 3 aromatic heterocycles. The highest BCUT2D eigenvalue weighted by molar-refractivity contribution is 5.79. The molecule has 2 saturated heterocycles. The largest absolute Gasteiger partial charge is 0.492 e. The number of nitrogens with zero attached hydrogens (tertiary/aromatic N) is 6. The third kappa shape index (κ3) is 22.5. The number of pyridine rings is 3. The lowest BCUT2D eigenvalue weighted by Crippen LogP contribution is -2.45. The third-order valence-corrected chi connectivity index (χ3v) is 15.4. The number of nitrogens with one attached hydrogen (secondary N) is 3. The maximum Gasteiger partial charge on any atom is 0.226 e. The van der Waals surface area contributed by atoms with E-state index in [1.807, 2.05) is 147 Å². The first-order chi connectivity index (χ1) is 44.4. The summed E-state index contributed by atoms with van der Waals surface area (Å²) in [6.07, 6.45) is 5.83. The maximum atomic E-state index is 14.8. The molecule has 0 unspecified atom stereocenters. The molecule has 0 saturated carbocycles. The monoisotopic (exact) mass is 1230 g/mol. The molecule has 5 heterocycles. The van der Waals surface area contributed by atoms with Crippen molar-refractivity contribution < 1.29 is 37.4 Å². The SMILES string of the molecule is Cc1cccc(CNC(=O)Cc2ccc(-c3ccc(OCCN4CCN(C)CC4)cc3F)cn2)c1.O=C(Cc1ccc(-c2ccc(OCCN3CCOCC3)cc2)cn1)NCc1ccccc1.O=C(Cc1ccc(-c2ccccc2)cn1)NCc1cccc(F)c1. The van der Waals surface area contributed by atoms with E-state index in [4.69, 9.17) is 14.2 Å². The van der Waals surface area contributed by atoms with E-state index in [-0.39, 0.29) is 48.6 Å². The lowest BCUT2D eigenvalue weighted by atomic mass is 10.1. The summed E-state index contributed by atoms with van der Waals surface area (Å²) in [5, 5.41) is 8.63. The zero-order valence-electron chi connectivity index (χ0n) is 51.7. The number of halogens is 2. The van der Waals surface area contributed by atoms with Crippen LogP contribution in [0.25, 0.3) is 33.4 Å². The first kappa shape index (κ1) is 65.9. The molecular formula is C74H79F2N9O6. The van der Waals surface area contributed by atoms with Crippen LogP contribution < -0.4 is 25.4 Å². The molecule has 91 heavy (non-hydrogen) atoms. The van der Waals surface area contributed by atoms with Crippen LogP contribution in [0.3, 0.4) is 0 Å². The predicted molar refractivity (Wildman–Crippen MR) is 352 cm³/mol. The Bertz CT molecular complexity index is 3690. The van der Waals surface area contributed by atoms with Crippen molar-refractivity contribution in [3.63, 3.8) is 0 Å². The van der Waals surface area contributed by atoms with Crippen LogP contribution in [-0.2, 0) is 58.0 Å². The average Bonchev–Trinajstić information content (AvgIpc) is 1.78. The minimum atomic E-state index is -0.354. The number of ether oxygens (including phenoxy) is 3. The van der Waals surface area contributed by atoms with Crippen molar-refractivity contribution in [1.29, 1.82) is 0 Å². The number of benzene rings is 6. The Morgan fingerprint density at radius 1 is 0.462 bits per heavy atom. The molecule has 0 radical (unpaired) electrons. The second kappa shape index (κ2) is 35.0. The van der Waals surface area contributed by atoms with Gasteiger partial charge in [-0.15, -0.1) is 0 Å². The summed E-state index contributed by atoms with van der Waals surface area (Å²) in [5.74, 6) is 0.451. The number of rotatable bonds is 23. The van der Waals surface area contributed by atoms with Crippen molar-refractivity contribution in [2.75, 3.05) is 85.8 Å². The van der Waals surface area contributed by atoms with E-state index in [1.165, 1.54) is 18.2 Å². The second-order valence-corrected chi connectivity index (χ2v) is 22.4. The Hall–Kier alpha value is -9.52. The molecule has 0 bridgehead atoms. The smallest absolute Gasteiger partial charge is 0.226 e. The van der Waals surface area contributed by atoms with E-state index in [0.29, 0.717) is 61.1 Å². The highest BCUT2D eigenvalue weighted by Crippen LogP contribution is 2.27. The van der Waals surface area contributed by atoms with Gasteiger partial charge in [0.1, 0.15) is 36.3 Å². The van der Waals surface area contributed by atoms with Gasteiger partial charge in [-0.3, -0.25) is 39.1 Å². The van der Waals surface area contributed by atoms with Crippen LogP contribution >= 0.6 is 0 Å². The van der Waals surface area contributed by atoms with Crippen LogP contribution in [0.1, 0.15) is 39.3 Å². The number of aryl methyl sites for hydroxylation is 1. The fourth-order valence-electron chi connectivity index (χ4n) is 10.1. The van der Waals surface area contributed by atoms with Gasteiger partial charge < -0.3 is 35.1 Å². The molecule has 2 aliphatic heterocycles.